The number of carbonyl (C=O) groups excluding carboxylic acids is 2. The average Bonchev–Trinajstić information content (AvgIpc) is 3.25. The lowest BCUT2D eigenvalue weighted by molar-refractivity contribution is -0.156. The molecule has 8 nitrogen and oxygen atoms in total. The lowest BCUT2D eigenvalue weighted by Gasteiger charge is -2.47. The highest BCUT2D eigenvalue weighted by molar-refractivity contribution is 6.10. The van der Waals surface area contributed by atoms with E-state index < -0.39 is 46.4 Å². The number of aliphatic hydroxyl groups is 1. The van der Waals surface area contributed by atoms with E-state index in [4.69, 9.17) is 5.73 Å². The van der Waals surface area contributed by atoms with Crippen LogP contribution in [-0.2, 0) is 45.9 Å². The summed E-state index contributed by atoms with van der Waals surface area (Å²) in [6.45, 7) is 7.01. The summed E-state index contributed by atoms with van der Waals surface area (Å²) < 4.78 is 80.6. The van der Waals surface area contributed by atoms with Crippen LogP contribution in [0.25, 0.3) is 0 Å². The fourth-order valence-corrected chi connectivity index (χ4v) is 7.21. The Bertz CT molecular complexity index is 2340. The molecule has 0 fully saturated rings. The molecule has 0 aliphatic heterocycles. The lowest BCUT2D eigenvalue weighted by atomic mass is 9.69. The Hall–Kier alpha value is -6.38. The second kappa shape index (κ2) is 17.9. The van der Waals surface area contributed by atoms with Gasteiger partial charge in [-0.05, 0) is 110 Å². The fraction of sp³-hybridized carbons (Fsp3) is 0.250. The lowest BCUT2D eigenvalue weighted by Crippen LogP contribution is -2.70. The maximum atomic E-state index is 15.8. The van der Waals surface area contributed by atoms with Crippen molar-refractivity contribution < 1.29 is 41.0 Å². The molecule has 0 radical (unpaired) electrons. The van der Waals surface area contributed by atoms with Gasteiger partial charge in [0.1, 0.15) is 0 Å². The van der Waals surface area contributed by atoms with Crippen molar-refractivity contribution in [3.63, 3.8) is 0 Å². The fourth-order valence-electron chi connectivity index (χ4n) is 7.21. The number of nitrogens with two attached hydrogens (primary N) is 1. The second-order valence-corrected chi connectivity index (χ2v) is 15.3. The number of pyridine rings is 2. The Kier molecular flexibility index (Phi) is 13.0. The maximum Gasteiger partial charge on any atom is 0.417 e. The van der Waals surface area contributed by atoms with Crippen molar-refractivity contribution in [3.8, 4) is 0 Å². The Labute approximate surface area is 355 Å². The number of halogens is 6. The van der Waals surface area contributed by atoms with Crippen LogP contribution in [0.15, 0.2) is 134 Å². The van der Waals surface area contributed by atoms with E-state index in [1.807, 2.05) is 27.7 Å². The van der Waals surface area contributed by atoms with Crippen LogP contribution < -0.4 is 15.5 Å². The summed E-state index contributed by atoms with van der Waals surface area (Å²) in [5.74, 6) is -1.95. The van der Waals surface area contributed by atoms with E-state index in [0.717, 1.165) is 34.4 Å². The predicted molar refractivity (Wildman–Crippen MR) is 225 cm³/mol. The topological polar surface area (TPSA) is 113 Å². The van der Waals surface area contributed by atoms with Crippen molar-refractivity contribution in [2.75, 3.05) is 22.9 Å². The summed E-state index contributed by atoms with van der Waals surface area (Å²) in [6.07, 6.45) is -7.92. The zero-order chi connectivity index (χ0) is 45.0. The number of rotatable bonds is 13. The molecule has 0 spiro atoms. The maximum absolute atomic E-state index is 15.8. The van der Waals surface area contributed by atoms with E-state index in [2.05, 4.69) is 9.97 Å². The van der Waals surface area contributed by atoms with Crippen molar-refractivity contribution >= 4 is 23.2 Å². The van der Waals surface area contributed by atoms with Gasteiger partial charge in [0.25, 0.3) is 11.8 Å². The molecule has 0 aliphatic carbocycles. The van der Waals surface area contributed by atoms with Gasteiger partial charge in [-0.25, -0.2) is 0 Å². The monoisotopic (exact) mass is 853 g/mol. The summed E-state index contributed by atoms with van der Waals surface area (Å²) >= 11 is 0. The number of carbonyl (C=O) groups is 2. The Morgan fingerprint density at radius 3 is 1.31 bits per heavy atom. The molecule has 3 N–H and O–H groups in total. The quantitative estimate of drug-likeness (QED) is 0.112. The molecule has 6 rings (SSSR count). The summed E-state index contributed by atoms with van der Waals surface area (Å²) in [7, 11) is 0. The molecule has 0 unspecified atom stereocenters. The van der Waals surface area contributed by atoms with E-state index in [0.29, 0.717) is 23.8 Å². The molecule has 14 heteroatoms. The summed E-state index contributed by atoms with van der Waals surface area (Å²) in [5.41, 5.74) is 4.53. The predicted octanol–water partition coefficient (Wildman–Crippen LogP) is 9.34. The molecule has 0 saturated heterocycles. The first-order valence-corrected chi connectivity index (χ1v) is 19.7. The smallest absolute Gasteiger partial charge is 0.373 e. The van der Waals surface area contributed by atoms with Crippen LogP contribution in [0.2, 0.25) is 0 Å². The summed E-state index contributed by atoms with van der Waals surface area (Å²) in [4.78, 5) is 42.2. The van der Waals surface area contributed by atoms with Gasteiger partial charge in [0, 0.05) is 61.1 Å². The molecule has 0 saturated carbocycles. The third kappa shape index (κ3) is 9.26. The van der Waals surface area contributed by atoms with Crippen molar-refractivity contribution in [2.45, 2.75) is 64.0 Å². The van der Waals surface area contributed by atoms with E-state index in [1.54, 1.807) is 72.8 Å². The van der Waals surface area contributed by atoms with Crippen LogP contribution in [0.4, 0.5) is 37.7 Å². The van der Waals surface area contributed by atoms with Crippen LogP contribution in [-0.4, -0.2) is 40.0 Å². The van der Waals surface area contributed by atoms with E-state index in [-0.39, 0.29) is 48.4 Å². The van der Waals surface area contributed by atoms with Gasteiger partial charge in [0.15, 0.2) is 11.1 Å². The van der Waals surface area contributed by atoms with Crippen LogP contribution in [0.1, 0.15) is 55.9 Å². The molecule has 322 valence electrons. The van der Waals surface area contributed by atoms with Crippen LogP contribution in [0, 0.1) is 27.7 Å². The van der Waals surface area contributed by atoms with Crippen molar-refractivity contribution in [2.24, 2.45) is 5.73 Å². The molecule has 4 aromatic carbocycles. The number of benzene rings is 4. The highest BCUT2D eigenvalue weighted by atomic mass is 19.4. The molecule has 2 heterocycles. The minimum atomic E-state index is -4.62. The van der Waals surface area contributed by atoms with Crippen LogP contribution in [0.5, 0.6) is 0 Å². The van der Waals surface area contributed by atoms with Gasteiger partial charge in [-0.2, -0.15) is 26.3 Å². The standard InChI is InChI=1S/C48H45F6N5O3/c1-31-15-21-41(27-33(31)3)58(25-23-39-19-17-37(29-56-39)47(49,50)51)43(60)45(55,35-11-7-5-8-12-35)46(62,36-13-9-6-10-14-36)44(61)59(42-22-16-32(2)34(4)28-42)26-24-40-20-18-38(30-57-40)48(52,53)54/h5-22,27-30,62H,23-26,55H2,1-4H3/t45-,46-/m1/s1. The van der Waals surface area contributed by atoms with Crippen molar-refractivity contribution in [3.05, 3.63) is 190 Å². The van der Waals surface area contributed by atoms with Gasteiger partial charge in [0.2, 0.25) is 0 Å². The Morgan fingerprint density at radius 1 is 0.532 bits per heavy atom. The summed E-state index contributed by atoms with van der Waals surface area (Å²) in [5, 5.41) is 13.6. The zero-order valence-electron chi connectivity index (χ0n) is 34.4. The molecule has 62 heavy (non-hydrogen) atoms. The van der Waals surface area contributed by atoms with Crippen molar-refractivity contribution in [1.82, 2.24) is 9.97 Å². The van der Waals surface area contributed by atoms with Gasteiger partial charge in [-0.1, -0.05) is 72.8 Å². The molecule has 2 amide bonds. The molecular weight excluding hydrogens is 809 g/mol. The van der Waals surface area contributed by atoms with E-state index in [9.17, 15) is 31.4 Å². The molecule has 6 aromatic rings. The highest BCUT2D eigenvalue weighted by Crippen LogP contribution is 2.44. The van der Waals surface area contributed by atoms with Gasteiger partial charge < -0.3 is 20.6 Å². The molecule has 0 aliphatic rings. The molecule has 0 bridgehead atoms. The Morgan fingerprint density at radius 2 is 0.935 bits per heavy atom. The zero-order valence-corrected chi connectivity index (χ0v) is 34.4. The third-order valence-electron chi connectivity index (χ3n) is 11.2. The van der Waals surface area contributed by atoms with Gasteiger partial charge in [-0.3, -0.25) is 19.6 Å². The number of hydrogen-bond acceptors (Lipinski definition) is 6. The van der Waals surface area contributed by atoms with E-state index >= 15 is 9.59 Å². The van der Waals surface area contributed by atoms with Gasteiger partial charge in [-0.15, -0.1) is 0 Å². The molecule has 2 atom stereocenters. The largest absolute Gasteiger partial charge is 0.417 e. The molecule has 2 aromatic heterocycles. The first-order valence-electron chi connectivity index (χ1n) is 19.7. The first kappa shape index (κ1) is 45.2. The molecular formula is C48H45F6N5O3. The SMILES string of the molecule is Cc1ccc(N(CCc2ccc(C(F)(F)F)cn2)C(=O)[C@](N)(c2ccccc2)[C@](O)(C(=O)N(CCc2ccc(C(F)(F)F)cn2)c2ccc(C)c(C)c2)c2ccccc2)cc1C. The number of anilines is 2. The number of nitrogens with zero attached hydrogens (tertiary/aromatic N) is 4. The number of alkyl halides is 6. The van der Waals surface area contributed by atoms with Crippen LogP contribution >= 0.6 is 0 Å². The number of aryl methyl sites for hydroxylation is 4. The van der Waals surface area contributed by atoms with Gasteiger partial charge in [0.05, 0.1) is 11.1 Å². The summed E-state index contributed by atoms with van der Waals surface area (Å²) in [6, 6.07) is 30.2. The highest BCUT2D eigenvalue weighted by Gasteiger charge is 2.62. The number of aromatic nitrogens is 2. The first-order chi connectivity index (χ1) is 29.2. The second-order valence-electron chi connectivity index (χ2n) is 15.3. The third-order valence-corrected chi connectivity index (χ3v) is 11.2. The normalized spacial score (nSPS) is 13.8. The van der Waals surface area contributed by atoms with Crippen molar-refractivity contribution in [1.29, 1.82) is 0 Å². The number of amides is 2. The van der Waals surface area contributed by atoms with Crippen LogP contribution in [0.3, 0.4) is 0 Å². The van der Waals surface area contributed by atoms with Gasteiger partial charge >= 0.3 is 12.4 Å². The Balaban J connectivity index is 1.54. The number of hydrogen-bond donors (Lipinski definition) is 2. The minimum Gasteiger partial charge on any atom is -0.373 e. The average molecular weight is 854 g/mol. The minimum absolute atomic E-state index is 0.0457. The van der Waals surface area contributed by atoms with E-state index in [1.165, 1.54) is 46.2 Å².